The van der Waals surface area contributed by atoms with E-state index in [1.807, 2.05) is 35.2 Å². The summed E-state index contributed by atoms with van der Waals surface area (Å²) in [6.07, 6.45) is 0. The number of nitrogens with one attached hydrogen (secondary N) is 1. The molecule has 2 aromatic rings. The van der Waals surface area contributed by atoms with Gasteiger partial charge in [0.1, 0.15) is 0 Å². The van der Waals surface area contributed by atoms with Gasteiger partial charge in [0.05, 0.1) is 23.6 Å². The van der Waals surface area contributed by atoms with Crippen LogP contribution in [0.25, 0.3) is 10.8 Å². The lowest BCUT2D eigenvalue weighted by atomic mass is 10.1. The van der Waals surface area contributed by atoms with Crippen LogP contribution in [0.5, 0.6) is 0 Å². The Morgan fingerprint density at radius 1 is 1.10 bits per heavy atom. The fourth-order valence-electron chi connectivity index (χ4n) is 3.24. The highest BCUT2D eigenvalue weighted by atomic mass is 32.2. The molecule has 6 heteroatoms. The van der Waals surface area contributed by atoms with Crippen LogP contribution in [0.4, 0.5) is 5.69 Å². The van der Waals surface area contributed by atoms with Gasteiger partial charge in [-0.1, -0.05) is 30.3 Å². The molecule has 2 heterocycles. The van der Waals surface area contributed by atoms with Crippen molar-refractivity contribution in [2.75, 3.05) is 16.4 Å². The number of nitrogens with zero attached hydrogens (tertiary/aromatic N) is 1. The van der Waals surface area contributed by atoms with Crippen LogP contribution < -0.4 is 10.2 Å². The summed E-state index contributed by atoms with van der Waals surface area (Å²) in [6, 6.07) is 14.0. The summed E-state index contributed by atoms with van der Waals surface area (Å²) in [6.45, 7) is 0. The van der Waals surface area contributed by atoms with Gasteiger partial charge in [-0.25, -0.2) is 8.42 Å². The zero-order chi connectivity index (χ0) is 14.6. The number of hydrogen-bond acceptors (Lipinski definition) is 3. The average Bonchev–Trinajstić information content (AvgIpc) is 2.88. The predicted octanol–water partition coefficient (Wildman–Crippen LogP) is 1.70. The van der Waals surface area contributed by atoms with Gasteiger partial charge in [-0.3, -0.25) is 0 Å². The number of hydrogen-bond donors (Lipinski definition) is 1. The van der Waals surface area contributed by atoms with Gasteiger partial charge in [0.25, 0.3) is 0 Å². The SMILES string of the molecule is O=S1(=O)C[C@@H]2NC(=S)N(c3ccc4ccccc4c3)[C@H]2C1. The molecular weight excluding hydrogens is 304 g/mol. The van der Waals surface area contributed by atoms with Crippen molar-refractivity contribution in [3.05, 3.63) is 42.5 Å². The standard InChI is InChI=1S/C15H14N2O2S2/c18-21(19)8-13-14(9-21)17(15(20)16-13)12-6-5-10-3-1-2-4-11(10)7-12/h1-7,13-14H,8-9H2,(H,16,20)/t13-,14-/m0/s1. The van der Waals surface area contributed by atoms with Gasteiger partial charge in [-0.15, -0.1) is 0 Å². The maximum atomic E-state index is 11.8. The van der Waals surface area contributed by atoms with Crippen molar-refractivity contribution in [1.29, 1.82) is 0 Å². The van der Waals surface area contributed by atoms with E-state index in [4.69, 9.17) is 12.2 Å². The summed E-state index contributed by atoms with van der Waals surface area (Å²) in [4.78, 5) is 1.96. The molecule has 2 saturated heterocycles. The minimum Gasteiger partial charge on any atom is -0.356 e. The monoisotopic (exact) mass is 318 g/mol. The number of rotatable bonds is 1. The molecule has 0 aromatic heterocycles. The van der Waals surface area contributed by atoms with Crippen LogP contribution in [0.2, 0.25) is 0 Å². The number of anilines is 1. The zero-order valence-electron chi connectivity index (χ0n) is 11.2. The van der Waals surface area contributed by atoms with Crippen LogP contribution in [0, 0.1) is 0 Å². The largest absolute Gasteiger partial charge is 0.356 e. The molecule has 2 atom stereocenters. The van der Waals surface area contributed by atoms with Gasteiger partial charge < -0.3 is 10.2 Å². The van der Waals surface area contributed by atoms with Gasteiger partial charge in [-0.2, -0.15) is 0 Å². The van der Waals surface area contributed by atoms with Gasteiger partial charge >= 0.3 is 0 Å². The molecule has 108 valence electrons. The van der Waals surface area contributed by atoms with Gasteiger partial charge in [-0.05, 0) is 35.1 Å². The Morgan fingerprint density at radius 2 is 1.86 bits per heavy atom. The first-order chi connectivity index (χ1) is 10.0. The molecule has 21 heavy (non-hydrogen) atoms. The number of fused-ring (bicyclic) bond motifs is 2. The van der Waals surface area contributed by atoms with E-state index in [1.165, 1.54) is 0 Å². The van der Waals surface area contributed by atoms with Gasteiger partial charge in [0, 0.05) is 5.69 Å². The molecule has 0 radical (unpaired) electrons. The molecule has 0 amide bonds. The summed E-state index contributed by atoms with van der Waals surface area (Å²) < 4.78 is 23.7. The van der Waals surface area contributed by atoms with Gasteiger partial charge in [0.2, 0.25) is 0 Å². The number of benzene rings is 2. The van der Waals surface area contributed by atoms with Crippen molar-refractivity contribution in [3.63, 3.8) is 0 Å². The summed E-state index contributed by atoms with van der Waals surface area (Å²) in [5, 5.41) is 6.06. The summed E-state index contributed by atoms with van der Waals surface area (Å²) in [7, 11) is -2.98. The van der Waals surface area contributed by atoms with Crippen LogP contribution >= 0.6 is 12.2 Å². The summed E-state index contributed by atoms with van der Waals surface area (Å²) in [5.41, 5.74) is 0.954. The quantitative estimate of drug-likeness (QED) is 0.811. The van der Waals surface area contributed by atoms with Crippen LogP contribution in [-0.2, 0) is 9.84 Å². The molecule has 2 fully saturated rings. The van der Waals surface area contributed by atoms with E-state index < -0.39 is 9.84 Å². The maximum Gasteiger partial charge on any atom is 0.174 e. The normalized spacial score (nSPS) is 26.9. The smallest absolute Gasteiger partial charge is 0.174 e. The van der Waals surface area contributed by atoms with Crippen LogP contribution in [0.3, 0.4) is 0 Å². The average molecular weight is 318 g/mol. The highest BCUT2D eigenvalue weighted by Crippen LogP contribution is 2.31. The van der Waals surface area contributed by atoms with E-state index in [0.717, 1.165) is 16.5 Å². The lowest BCUT2D eigenvalue weighted by Gasteiger charge is -2.23. The Morgan fingerprint density at radius 3 is 2.67 bits per heavy atom. The van der Waals surface area contributed by atoms with E-state index in [9.17, 15) is 8.42 Å². The molecule has 4 rings (SSSR count). The van der Waals surface area contributed by atoms with Crippen LogP contribution in [-0.4, -0.2) is 37.1 Å². The number of thiocarbonyl (C=S) groups is 1. The Bertz CT molecular complexity index is 848. The predicted molar refractivity (Wildman–Crippen MR) is 88.4 cm³/mol. The second-order valence-electron chi connectivity index (χ2n) is 5.60. The Kier molecular flexibility index (Phi) is 2.74. The van der Waals surface area contributed by atoms with E-state index in [0.29, 0.717) is 5.11 Å². The lowest BCUT2D eigenvalue weighted by Crippen LogP contribution is -2.36. The van der Waals surface area contributed by atoms with Crippen molar-refractivity contribution in [1.82, 2.24) is 5.32 Å². The van der Waals surface area contributed by atoms with Crippen LogP contribution in [0.1, 0.15) is 0 Å². The zero-order valence-corrected chi connectivity index (χ0v) is 12.8. The second-order valence-corrected chi connectivity index (χ2v) is 8.14. The van der Waals surface area contributed by atoms with E-state index in [2.05, 4.69) is 17.4 Å². The first-order valence-corrected chi connectivity index (χ1v) is 9.05. The minimum atomic E-state index is -2.98. The highest BCUT2D eigenvalue weighted by molar-refractivity contribution is 7.91. The molecule has 0 bridgehead atoms. The first-order valence-electron chi connectivity index (χ1n) is 6.82. The highest BCUT2D eigenvalue weighted by Gasteiger charge is 2.47. The van der Waals surface area contributed by atoms with E-state index in [-0.39, 0.29) is 23.6 Å². The molecule has 0 aliphatic carbocycles. The number of sulfone groups is 1. The Balaban J connectivity index is 1.78. The van der Waals surface area contributed by atoms with Crippen molar-refractivity contribution < 1.29 is 8.42 Å². The molecule has 0 unspecified atom stereocenters. The molecule has 2 aliphatic heterocycles. The van der Waals surface area contributed by atoms with E-state index >= 15 is 0 Å². The molecule has 1 N–H and O–H groups in total. The first kappa shape index (κ1) is 13.0. The van der Waals surface area contributed by atoms with E-state index in [1.54, 1.807) is 0 Å². The molecule has 0 spiro atoms. The molecule has 2 aliphatic rings. The van der Waals surface area contributed by atoms with Crippen molar-refractivity contribution in [2.24, 2.45) is 0 Å². The minimum absolute atomic E-state index is 0.0889. The third-order valence-electron chi connectivity index (χ3n) is 4.19. The van der Waals surface area contributed by atoms with Crippen molar-refractivity contribution in [2.45, 2.75) is 12.1 Å². The fourth-order valence-corrected chi connectivity index (χ4v) is 5.52. The molecule has 0 saturated carbocycles. The summed E-state index contributed by atoms with van der Waals surface area (Å²) >= 11 is 5.39. The topological polar surface area (TPSA) is 49.4 Å². The van der Waals surface area contributed by atoms with Crippen molar-refractivity contribution in [3.8, 4) is 0 Å². The third kappa shape index (κ3) is 2.10. The second kappa shape index (κ2) is 4.42. The van der Waals surface area contributed by atoms with Crippen LogP contribution in [0.15, 0.2) is 42.5 Å². The Labute approximate surface area is 128 Å². The van der Waals surface area contributed by atoms with Crippen molar-refractivity contribution >= 4 is 43.6 Å². The maximum absolute atomic E-state index is 11.8. The molecular formula is C15H14N2O2S2. The molecule has 4 nitrogen and oxygen atoms in total. The van der Waals surface area contributed by atoms with Gasteiger partial charge in [0.15, 0.2) is 14.9 Å². The summed E-state index contributed by atoms with van der Waals surface area (Å²) in [5.74, 6) is 0.333. The third-order valence-corrected chi connectivity index (χ3v) is 6.22. The lowest BCUT2D eigenvalue weighted by molar-refractivity contribution is 0.600. The Hall–Kier alpha value is -1.66. The fraction of sp³-hybridized carbons (Fsp3) is 0.267. The molecule has 2 aromatic carbocycles.